The van der Waals surface area contributed by atoms with Crippen LogP contribution >= 0.6 is 12.4 Å². The topological polar surface area (TPSA) is 49.6 Å². The molecular weight excluding hydrogens is 250 g/mol. The lowest BCUT2D eigenvalue weighted by molar-refractivity contribution is 0.0791. The highest BCUT2D eigenvalue weighted by Crippen LogP contribution is 2.17. The van der Waals surface area contributed by atoms with Gasteiger partial charge in [0.25, 0.3) is 5.91 Å². The summed E-state index contributed by atoms with van der Waals surface area (Å²) in [5, 5.41) is 0. The third kappa shape index (κ3) is 3.15. The molecule has 2 N–H and O–H groups in total. The first-order valence-corrected chi connectivity index (χ1v) is 5.90. The highest BCUT2D eigenvalue weighted by atomic mass is 35.5. The van der Waals surface area contributed by atoms with E-state index < -0.39 is 0 Å². The molecule has 0 aromatic heterocycles. The van der Waals surface area contributed by atoms with Gasteiger partial charge in [0.1, 0.15) is 0 Å². The monoisotopic (exact) mass is 269 g/mol. The fraction of sp³-hybridized carbons (Fsp3) is 0.462. The number of nitrogens with two attached hydrogens (primary N) is 1. The fourth-order valence-electron chi connectivity index (χ4n) is 2.07. The Kier molecular flexibility index (Phi) is 4.99. The number of rotatable bonds is 2. The van der Waals surface area contributed by atoms with Gasteiger partial charge in [0.05, 0.1) is 0 Å². The highest BCUT2D eigenvalue weighted by molar-refractivity contribution is 5.95. The molecule has 0 aliphatic carbocycles. The first-order valence-electron chi connectivity index (χ1n) is 5.90. The van der Waals surface area contributed by atoms with Gasteiger partial charge in [0.2, 0.25) is 0 Å². The summed E-state index contributed by atoms with van der Waals surface area (Å²) in [6, 6.07) is 7.83. The summed E-state index contributed by atoms with van der Waals surface area (Å²) in [5.74, 6) is 0.0849. The van der Waals surface area contributed by atoms with Crippen molar-refractivity contribution in [1.29, 1.82) is 0 Å². The summed E-state index contributed by atoms with van der Waals surface area (Å²) in [5.41, 5.74) is 7.60. The number of nitrogens with zero attached hydrogens (tertiary/aromatic N) is 2. The number of hydrogen-bond donors (Lipinski definition) is 1. The third-order valence-corrected chi connectivity index (χ3v) is 3.12. The van der Waals surface area contributed by atoms with Gasteiger partial charge in [-0.2, -0.15) is 0 Å². The Morgan fingerprint density at radius 1 is 1.44 bits per heavy atom. The number of likely N-dealkylation sites (tertiary alicyclic amines) is 1. The Morgan fingerprint density at radius 2 is 2.17 bits per heavy atom. The second-order valence-electron chi connectivity index (χ2n) is 4.74. The Labute approximate surface area is 114 Å². The van der Waals surface area contributed by atoms with Gasteiger partial charge in [-0.1, -0.05) is 6.07 Å². The lowest BCUT2D eigenvalue weighted by atomic mass is 10.1. The molecule has 0 unspecified atom stereocenters. The summed E-state index contributed by atoms with van der Waals surface area (Å²) < 4.78 is 0. The molecule has 2 rings (SSSR count). The van der Waals surface area contributed by atoms with Crippen LogP contribution < -0.4 is 10.6 Å². The molecule has 0 bridgehead atoms. The summed E-state index contributed by atoms with van der Waals surface area (Å²) in [6.45, 7) is 1.44. The van der Waals surface area contributed by atoms with Gasteiger partial charge in [-0.15, -0.1) is 12.4 Å². The quantitative estimate of drug-likeness (QED) is 0.882. The zero-order chi connectivity index (χ0) is 12.4. The van der Waals surface area contributed by atoms with Gasteiger partial charge in [0.15, 0.2) is 0 Å². The van der Waals surface area contributed by atoms with E-state index in [1.165, 1.54) is 0 Å². The van der Waals surface area contributed by atoms with Crippen molar-refractivity contribution in [3.05, 3.63) is 29.8 Å². The smallest absolute Gasteiger partial charge is 0.253 e. The summed E-state index contributed by atoms with van der Waals surface area (Å²) in [4.78, 5) is 16.0. The number of carbonyl (C=O) groups is 1. The van der Waals surface area contributed by atoms with Gasteiger partial charge in [-0.05, 0) is 24.6 Å². The minimum Gasteiger partial charge on any atom is -0.378 e. The van der Waals surface area contributed by atoms with E-state index in [1.54, 1.807) is 0 Å². The molecule has 5 heteroatoms. The van der Waals surface area contributed by atoms with E-state index in [4.69, 9.17) is 5.73 Å². The molecule has 0 saturated carbocycles. The van der Waals surface area contributed by atoms with Crippen molar-refractivity contribution in [2.75, 3.05) is 32.1 Å². The summed E-state index contributed by atoms with van der Waals surface area (Å²) in [7, 11) is 3.94. The van der Waals surface area contributed by atoms with Crippen molar-refractivity contribution in [1.82, 2.24) is 4.90 Å². The van der Waals surface area contributed by atoms with Crippen LogP contribution in [0.2, 0.25) is 0 Å². The van der Waals surface area contributed by atoms with E-state index in [-0.39, 0.29) is 24.4 Å². The number of carbonyl (C=O) groups excluding carboxylic acids is 1. The summed E-state index contributed by atoms with van der Waals surface area (Å²) >= 11 is 0. The van der Waals surface area contributed by atoms with Crippen LogP contribution in [0, 0.1) is 0 Å². The lowest BCUT2D eigenvalue weighted by Crippen LogP contribution is -2.31. The molecule has 4 nitrogen and oxygen atoms in total. The minimum atomic E-state index is 0. The average Bonchev–Trinajstić information content (AvgIpc) is 2.75. The molecule has 0 spiro atoms. The standard InChI is InChI=1S/C13H19N3O.ClH/c1-15(2)12-5-3-4-10(8-12)13(17)16-7-6-11(14)9-16;/h3-5,8,11H,6-7,9,14H2,1-2H3;1H/t11-;/m1./s1. The van der Waals surface area contributed by atoms with Crippen molar-refractivity contribution < 1.29 is 4.79 Å². The molecular formula is C13H20ClN3O. The molecule has 1 saturated heterocycles. The number of amides is 1. The van der Waals surface area contributed by atoms with Crippen LogP contribution in [0.5, 0.6) is 0 Å². The maximum absolute atomic E-state index is 12.2. The highest BCUT2D eigenvalue weighted by Gasteiger charge is 2.24. The second-order valence-corrected chi connectivity index (χ2v) is 4.74. The van der Waals surface area contributed by atoms with Gasteiger partial charge in [0, 0.05) is 44.5 Å². The Hall–Kier alpha value is -1.26. The van der Waals surface area contributed by atoms with E-state index in [9.17, 15) is 4.79 Å². The van der Waals surface area contributed by atoms with Crippen molar-refractivity contribution in [2.45, 2.75) is 12.5 Å². The number of hydrogen-bond acceptors (Lipinski definition) is 3. The molecule has 0 radical (unpaired) electrons. The third-order valence-electron chi connectivity index (χ3n) is 3.12. The fourth-order valence-corrected chi connectivity index (χ4v) is 2.07. The first kappa shape index (κ1) is 14.8. The summed E-state index contributed by atoms with van der Waals surface area (Å²) in [6.07, 6.45) is 0.902. The Balaban J connectivity index is 0.00000162. The lowest BCUT2D eigenvalue weighted by Gasteiger charge is -2.18. The predicted molar refractivity (Wildman–Crippen MR) is 76.5 cm³/mol. The number of anilines is 1. The van der Waals surface area contributed by atoms with Crippen LogP contribution in [-0.2, 0) is 0 Å². The van der Waals surface area contributed by atoms with Crippen molar-refractivity contribution in [3.8, 4) is 0 Å². The van der Waals surface area contributed by atoms with Gasteiger partial charge < -0.3 is 15.5 Å². The zero-order valence-corrected chi connectivity index (χ0v) is 11.6. The van der Waals surface area contributed by atoms with Crippen LogP contribution in [0.3, 0.4) is 0 Å². The minimum absolute atomic E-state index is 0. The second kappa shape index (κ2) is 6.07. The SMILES string of the molecule is CN(C)c1cccc(C(=O)N2CC[C@@H](N)C2)c1.Cl. The van der Waals surface area contributed by atoms with E-state index in [2.05, 4.69) is 0 Å². The molecule has 1 fully saturated rings. The molecule has 1 aromatic rings. The molecule has 1 aliphatic heterocycles. The Morgan fingerprint density at radius 3 is 2.72 bits per heavy atom. The number of benzene rings is 1. The molecule has 18 heavy (non-hydrogen) atoms. The van der Waals surface area contributed by atoms with Gasteiger partial charge >= 0.3 is 0 Å². The van der Waals surface area contributed by atoms with Crippen LogP contribution in [-0.4, -0.2) is 44.0 Å². The zero-order valence-electron chi connectivity index (χ0n) is 10.8. The van der Waals surface area contributed by atoms with E-state index in [0.29, 0.717) is 6.54 Å². The number of halogens is 1. The van der Waals surface area contributed by atoms with Gasteiger partial charge in [-0.25, -0.2) is 0 Å². The van der Waals surface area contributed by atoms with Crippen molar-refractivity contribution in [3.63, 3.8) is 0 Å². The molecule has 1 heterocycles. The average molecular weight is 270 g/mol. The molecule has 1 aromatic carbocycles. The van der Waals surface area contributed by atoms with Crippen LogP contribution in [0.25, 0.3) is 0 Å². The van der Waals surface area contributed by atoms with Crippen LogP contribution in [0.4, 0.5) is 5.69 Å². The molecule has 1 atom stereocenters. The predicted octanol–water partition coefficient (Wildman–Crippen LogP) is 1.35. The largest absolute Gasteiger partial charge is 0.378 e. The van der Waals surface area contributed by atoms with Gasteiger partial charge in [-0.3, -0.25) is 4.79 Å². The van der Waals surface area contributed by atoms with Crippen molar-refractivity contribution >= 4 is 24.0 Å². The first-order chi connectivity index (χ1) is 8.08. The van der Waals surface area contributed by atoms with E-state index in [1.807, 2.05) is 48.2 Å². The van der Waals surface area contributed by atoms with E-state index >= 15 is 0 Å². The normalized spacial score (nSPS) is 18.4. The van der Waals surface area contributed by atoms with Crippen LogP contribution in [0.15, 0.2) is 24.3 Å². The van der Waals surface area contributed by atoms with Crippen molar-refractivity contribution in [2.24, 2.45) is 5.73 Å². The Bertz CT molecular complexity index is 422. The maximum atomic E-state index is 12.2. The molecule has 100 valence electrons. The molecule has 1 aliphatic rings. The molecule has 1 amide bonds. The van der Waals surface area contributed by atoms with Crippen LogP contribution in [0.1, 0.15) is 16.8 Å². The maximum Gasteiger partial charge on any atom is 0.253 e. The van der Waals surface area contributed by atoms with E-state index in [0.717, 1.165) is 24.2 Å².